The Labute approximate surface area is 114 Å². The minimum Gasteiger partial charge on any atom is -0.450 e. The van der Waals surface area contributed by atoms with Crippen LogP contribution in [0.2, 0.25) is 0 Å². The van der Waals surface area contributed by atoms with E-state index in [0.29, 0.717) is 26.2 Å². The summed E-state index contributed by atoms with van der Waals surface area (Å²) in [6, 6.07) is -0.0174. The van der Waals surface area contributed by atoms with Crippen molar-refractivity contribution in [3.05, 3.63) is 12.7 Å². The van der Waals surface area contributed by atoms with E-state index in [9.17, 15) is 9.59 Å². The second-order valence-corrected chi connectivity index (χ2v) is 4.46. The van der Waals surface area contributed by atoms with Gasteiger partial charge in [-0.2, -0.15) is 0 Å². The zero-order chi connectivity index (χ0) is 14.1. The van der Waals surface area contributed by atoms with Crippen molar-refractivity contribution >= 4 is 12.0 Å². The average Bonchev–Trinajstić information content (AvgIpc) is 2.39. The minimum atomic E-state index is -0.411. The molecule has 1 rings (SSSR count). The highest BCUT2D eigenvalue weighted by Crippen LogP contribution is 2.10. The number of rotatable bonds is 6. The van der Waals surface area contributed by atoms with Gasteiger partial charge in [0.15, 0.2) is 0 Å². The Morgan fingerprint density at radius 2 is 2.32 bits per heavy atom. The third-order valence-corrected chi connectivity index (χ3v) is 2.94. The van der Waals surface area contributed by atoms with Crippen LogP contribution in [0, 0.1) is 0 Å². The smallest absolute Gasteiger partial charge is 0.407 e. The van der Waals surface area contributed by atoms with Crippen molar-refractivity contribution in [2.45, 2.75) is 25.8 Å². The molecule has 0 spiro atoms. The van der Waals surface area contributed by atoms with Gasteiger partial charge >= 0.3 is 6.09 Å². The van der Waals surface area contributed by atoms with Gasteiger partial charge in [0, 0.05) is 25.7 Å². The number of ether oxygens (including phenoxy) is 1. The summed E-state index contributed by atoms with van der Waals surface area (Å²) in [4.78, 5) is 25.0. The second kappa shape index (κ2) is 8.53. The lowest BCUT2D eigenvalue weighted by molar-refractivity contribution is -0.131. The van der Waals surface area contributed by atoms with Crippen LogP contribution in [0.15, 0.2) is 12.7 Å². The first kappa shape index (κ1) is 15.5. The van der Waals surface area contributed by atoms with Crippen molar-refractivity contribution < 1.29 is 14.3 Å². The lowest BCUT2D eigenvalue weighted by atomic mass is 10.1. The normalized spacial score (nSPS) is 18.8. The molecular weight excluding hydrogens is 246 g/mol. The number of nitrogens with zero attached hydrogens (tertiary/aromatic N) is 1. The molecule has 2 N–H and O–H groups in total. The van der Waals surface area contributed by atoms with E-state index in [2.05, 4.69) is 17.2 Å². The fourth-order valence-corrected chi connectivity index (χ4v) is 2.05. The number of nitrogens with one attached hydrogen (secondary N) is 2. The topological polar surface area (TPSA) is 70.7 Å². The standard InChI is InChI=1S/C13H23N3O3/c1-3-7-14-9-12(17)16-8-5-6-11(10-16)15-13(18)19-4-2/h3,11,14H,1,4-10H2,2H3,(H,15,18). The van der Waals surface area contributed by atoms with Crippen molar-refractivity contribution in [1.29, 1.82) is 0 Å². The van der Waals surface area contributed by atoms with Crippen LogP contribution in [-0.4, -0.2) is 55.7 Å². The quantitative estimate of drug-likeness (QED) is 0.544. The molecule has 1 unspecified atom stereocenters. The molecule has 19 heavy (non-hydrogen) atoms. The number of carbonyl (C=O) groups excluding carboxylic acids is 2. The van der Waals surface area contributed by atoms with E-state index in [-0.39, 0.29) is 11.9 Å². The molecule has 1 aliphatic heterocycles. The van der Waals surface area contributed by atoms with Crippen molar-refractivity contribution in [1.82, 2.24) is 15.5 Å². The Morgan fingerprint density at radius 3 is 3.00 bits per heavy atom. The lowest BCUT2D eigenvalue weighted by Gasteiger charge is -2.33. The van der Waals surface area contributed by atoms with Gasteiger partial charge in [-0.15, -0.1) is 6.58 Å². The van der Waals surface area contributed by atoms with Crippen LogP contribution in [0.1, 0.15) is 19.8 Å². The highest BCUT2D eigenvalue weighted by Gasteiger charge is 2.24. The zero-order valence-electron chi connectivity index (χ0n) is 11.5. The van der Waals surface area contributed by atoms with E-state index < -0.39 is 6.09 Å². The van der Waals surface area contributed by atoms with Crippen molar-refractivity contribution in [3.63, 3.8) is 0 Å². The summed E-state index contributed by atoms with van der Waals surface area (Å²) in [7, 11) is 0. The van der Waals surface area contributed by atoms with E-state index in [1.165, 1.54) is 0 Å². The molecule has 1 aliphatic rings. The number of alkyl carbamates (subject to hydrolysis) is 1. The van der Waals surface area contributed by atoms with Crippen LogP contribution in [-0.2, 0) is 9.53 Å². The van der Waals surface area contributed by atoms with Crippen LogP contribution in [0.25, 0.3) is 0 Å². The molecule has 6 nitrogen and oxygen atoms in total. The number of hydrogen-bond donors (Lipinski definition) is 2. The van der Waals surface area contributed by atoms with Crippen LogP contribution in [0.4, 0.5) is 4.79 Å². The molecule has 0 aliphatic carbocycles. The van der Waals surface area contributed by atoms with Gasteiger partial charge in [-0.3, -0.25) is 4.79 Å². The summed E-state index contributed by atoms with van der Waals surface area (Å²) in [6.45, 7) is 7.92. The maximum atomic E-state index is 11.9. The summed E-state index contributed by atoms with van der Waals surface area (Å²) in [5.41, 5.74) is 0. The number of piperidine rings is 1. The van der Waals surface area contributed by atoms with Gasteiger partial charge in [0.1, 0.15) is 0 Å². The highest BCUT2D eigenvalue weighted by molar-refractivity contribution is 5.78. The molecule has 6 heteroatoms. The van der Waals surface area contributed by atoms with E-state index in [0.717, 1.165) is 19.4 Å². The number of carbonyl (C=O) groups is 2. The van der Waals surface area contributed by atoms with E-state index in [1.807, 2.05) is 0 Å². The molecule has 0 aromatic rings. The Hall–Kier alpha value is -1.56. The van der Waals surface area contributed by atoms with Gasteiger partial charge in [0.25, 0.3) is 0 Å². The molecule has 0 bridgehead atoms. The largest absolute Gasteiger partial charge is 0.450 e. The number of amides is 2. The molecule has 1 atom stereocenters. The third-order valence-electron chi connectivity index (χ3n) is 2.94. The first-order valence-electron chi connectivity index (χ1n) is 6.70. The monoisotopic (exact) mass is 269 g/mol. The Kier molecular flexibility index (Phi) is 6.95. The number of hydrogen-bond acceptors (Lipinski definition) is 4. The van der Waals surface area contributed by atoms with Crippen molar-refractivity contribution in [3.8, 4) is 0 Å². The van der Waals surface area contributed by atoms with Gasteiger partial charge in [-0.1, -0.05) is 6.08 Å². The Morgan fingerprint density at radius 1 is 1.53 bits per heavy atom. The van der Waals surface area contributed by atoms with Gasteiger partial charge in [0.05, 0.1) is 13.2 Å². The molecule has 0 aromatic heterocycles. The SMILES string of the molecule is C=CCNCC(=O)N1CCCC(NC(=O)OCC)C1. The molecule has 108 valence electrons. The van der Waals surface area contributed by atoms with Crippen LogP contribution >= 0.6 is 0 Å². The Bertz CT molecular complexity index is 320. The van der Waals surface area contributed by atoms with E-state index in [4.69, 9.17) is 4.74 Å². The molecule has 1 fully saturated rings. The summed E-state index contributed by atoms with van der Waals surface area (Å²) in [5, 5.41) is 5.77. The molecular formula is C13H23N3O3. The molecule has 1 heterocycles. The maximum absolute atomic E-state index is 11.9. The van der Waals surface area contributed by atoms with Gasteiger partial charge in [0.2, 0.25) is 5.91 Å². The van der Waals surface area contributed by atoms with Crippen LogP contribution in [0.3, 0.4) is 0 Å². The number of likely N-dealkylation sites (tertiary alicyclic amines) is 1. The molecule has 0 saturated carbocycles. The predicted molar refractivity (Wildman–Crippen MR) is 72.8 cm³/mol. The Balaban J connectivity index is 2.34. The van der Waals surface area contributed by atoms with Crippen molar-refractivity contribution in [2.24, 2.45) is 0 Å². The minimum absolute atomic E-state index is 0.0174. The first-order valence-corrected chi connectivity index (χ1v) is 6.70. The average molecular weight is 269 g/mol. The fraction of sp³-hybridized carbons (Fsp3) is 0.692. The van der Waals surface area contributed by atoms with E-state index >= 15 is 0 Å². The first-order chi connectivity index (χ1) is 9.17. The second-order valence-electron chi connectivity index (χ2n) is 4.46. The predicted octanol–water partition coefficient (Wildman–Crippen LogP) is 0.499. The van der Waals surface area contributed by atoms with Crippen LogP contribution in [0.5, 0.6) is 0 Å². The third kappa shape index (κ3) is 5.74. The zero-order valence-corrected chi connectivity index (χ0v) is 11.5. The molecule has 0 radical (unpaired) electrons. The van der Waals surface area contributed by atoms with Crippen molar-refractivity contribution in [2.75, 3.05) is 32.8 Å². The van der Waals surface area contributed by atoms with Gasteiger partial charge < -0.3 is 20.3 Å². The summed E-state index contributed by atoms with van der Waals surface area (Å²) >= 11 is 0. The van der Waals surface area contributed by atoms with Crippen LogP contribution < -0.4 is 10.6 Å². The summed E-state index contributed by atoms with van der Waals surface area (Å²) < 4.78 is 4.84. The maximum Gasteiger partial charge on any atom is 0.407 e. The fourth-order valence-electron chi connectivity index (χ4n) is 2.05. The van der Waals surface area contributed by atoms with E-state index in [1.54, 1.807) is 17.9 Å². The highest BCUT2D eigenvalue weighted by atomic mass is 16.5. The lowest BCUT2D eigenvalue weighted by Crippen LogP contribution is -2.51. The summed E-state index contributed by atoms with van der Waals surface area (Å²) in [5.74, 6) is 0.0530. The molecule has 2 amide bonds. The van der Waals surface area contributed by atoms with Gasteiger partial charge in [-0.25, -0.2) is 4.79 Å². The summed E-state index contributed by atoms with van der Waals surface area (Å²) in [6.07, 6.45) is 3.08. The molecule has 0 aromatic carbocycles. The molecule has 1 saturated heterocycles. The van der Waals surface area contributed by atoms with Gasteiger partial charge in [-0.05, 0) is 19.8 Å².